The molecule has 0 bridgehead atoms. The molecule has 0 atom stereocenters. The summed E-state index contributed by atoms with van der Waals surface area (Å²) in [5.41, 5.74) is -2.05. The second kappa shape index (κ2) is 5.85. The maximum absolute atomic E-state index is 10.6. The molecule has 1 aromatic rings. The molecule has 1 aromatic carbocycles. The number of benzene rings is 1. The predicted molar refractivity (Wildman–Crippen MR) is 57.5 cm³/mol. The van der Waals surface area contributed by atoms with E-state index in [0.717, 1.165) is 0 Å². The molecule has 0 saturated heterocycles. The Morgan fingerprint density at radius 1 is 0.824 bits per heavy atom. The monoisotopic (exact) mass is 268 g/mol. The van der Waals surface area contributed by atoms with E-state index in [2.05, 4.69) is 0 Å². The molecule has 0 fully saturated rings. The Balaban J connectivity index is 0.00000256. The molecule has 7 nitrogen and oxygen atoms in total. The van der Waals surface area contributed by atoms with Crippen LogP contribution in [-0.2, 0) is 0 Å². The van der Waals surface area contributed by atoms with Crippen molar-refractivity contribution in [3.05, 3.63) is 28.8 Å². The average Bonchev–Trinajstić information content (AvgIpc) is 2.16. The summed E-state index contributed by atoms with van der Waals surface area (Å²) in [6.07, 6.45) is 0. The Labute approximate surface area is 124 Å². The standard InChI is InChI=1S/C9H6O7.Ca.2H/c10-6-4(8(13)14)1-3(7(11)12)2-5(6)9(15)16;;;/h1-2,10H,(H,11,12)(H,13,14)(H,15,16);;;. The van der Waals surface area contributed by atoms with Crippen molar-refractivity contribution >= 4 is 55.6 Å². The number of phenols is 1. The number of hydrogen-bond donors (Lipinski definition) is 4. The van der Waals surface area contributed by atoms with E-state index in [-0.39, 0.29) is 37.7 Å². The molecule has 0 unspecified atom stereocenters. The van der Waals surface area contributed by atoms with Crippen LogP contribution in [0.1, 0.15) is 31.1 Å². The zero-order valence-corrected chi connectivity index (χ0v) is 7.67. The normalized spacial score (nSPS) is 9.18. The van der Waals surface area contributed by atoms with Crippen LogP contribution >= 0.6 is 0 Å². The summed E-state index contributed by atoms with van der Waals surface area (Å²) in [6.45, 7) is 0. The minimum absolute atomic E-state index is 0. The van der Waals surface area contributed by atoms with Gasteiger partial charge in [0, 0.05) is 0 Å². The number of carbonyl (C=O) groups is 3. The van der Waals surface area contributed by atoms with E-state index in [9.17, 15) is 19.5 Å². The van der Waals surface area contributed by atoms with Crippen LogP contribution in [0, 0.1) is 0 Å². The van der Waals surface area contributed by atoms with Gasteiger partial charge < -0.3 is 20.4 Å². The fourth-order valence-corrected chi connectivity index (χ4v) is 1.08. The fraction of sp³-hybridized carbons (Fsp3) is 0. The summed E-state index contributed by atoms with van der Waals surface area (Å²) in [7, 11) is 0. The van der Waals surface area contributed by atoms with Crippen LogP contribution in [-0.4, -0.2) is 76.1 Å². The van der Waals surface area contributed by atoms with Gasteiger partial charge in [0.25, 0.3) is 0 Å². The zero-order valence-electron chi connectivity index (χ0n) is 7.67. The molecule has 4 N–H and O–H groups in total. The van der Waals surface area contributed by atoms with Gasteiger partial charge in [0.2, 0.25) is 0 Å². The van der Waals surface area contributed by atoms with Crippen LogP contribution in [0.3, 0.4) is 0 Å². The number of carboxylic acids is 3. The average molecular weight is 268 g/mol. The third kappa shape index (κ3) is 3.32. The predicted octanol–water partition coefficient (Wildman–Crippen LogP) is -0.429. The summed E-state index contributed by atoms with van der Waals surface area (Å²) in [4.78, 5) is 31.8. The van der Waals surface area contributed by atoms with Crippen molar-refractivity contribution in [2.75, 3.05) is 0 Å². The van der Waals surface area contributed by atoms with Crippen LogP contribution < -0.4 is 0 Å². The summed E-state index contributed by atoms with van der Waals surface area (Å²) < 4.78 is 0. The summed E-state index contributed by atoms with van der Waals surface area (Å²) >= 11 is 0. The van der Waals surface area contributed by atoms with Crippen LogP contribution in [0.25, 0.3) is 0 Å². The molecular weight excluding hydrogens is 260 g/mol. The van der Waals surface area contributed by atoms with Gasteiger partial charge in [0.15, 0.2) is 0 Å². The fourth-order valence-electron chi connectivity index (χ4n) is 1.08. The second-order valence-electron chi connectivity index (χ2n) is 2.84. The van der Waals surface area contributed by atoms with E-state index >= 15 is 0 Å². The molecule has 88 valence electrons. The van der Waals surface area contributed by atoms with E-state index in [4.69, 9.17) is 15.3 Å². The van der Waals surface area contributed by atoms with E-state index in [0.29, 0.717) is 12.1 Å². The number of carboxylic acid groups (broad SMARTS) is 3. The van der Waals surface area contributed by atoms with E-state index in [1.54, 1.807) is 0 Å². The molecule has 0 heterocycles. The van der Waals surface area contributed by atoms with E-state index in [1.807, 2.05) is 0 Å². The third-order valence-corrected chi connectivity index (χ3v) is 1.82. The molecule has 0 spiro atoms. The van der Waals surface area contributed by atoms with Gasteiger partial charge >= 0.3 is 55.6 Å². The van der Waals surface area contributed by atoms with Crippen LogP contribution in [0.5, 0.6) is 5.75 Å². The number of hydrogen-bond acceptors (Lipinski definition) is 4. The van der Waals surface area contributed by atoms with Crippen LogP contribution in [0.15, 0.2) is 12.1 Å². The Morgan fingerprint density at radius 2 is 1.18 bits per heavy atom. The number of aromatic carboxylic acids is 3. The molecule has 0 aliphatic carbocycles. The van der Waals surface area contributed by atoms with Gasteiger partial charge in [-0.05, 0) is 12.1 Å². The molecular formula is C9H8CaO7. The summed E-state index contributed by atoms with van der Waals surface area (Å²) in [6, 6.07) is 1.37. The first-order chi connectivity index (χ1) is 7.34. The molecule has 0 radical (unpaired) electrons. The topological polar surface area (TPSA) is 132 Å². The first-order valence-corrected chi connectivity index (χ1v) is 3.91. The van der Waals surface area contributed by atoms with Crippen molar-refractivity contribution in [1.29, 1.82) is 0 Å². The van der Waals surface area contributed by atoms with Crippen molar-refractivity contribution in [2.24, 2.45) is 0 Å². The van der Waals surface area contributed by atoms with E-state index < -0.39 is 40.3 Å². The molecule has 0 aromatic heterocycles. The second-order valence-corrected chi connectivity index (χ2v) is 2.84. The van der Waals surface area contributed by atoms with Gasteiger partial charge in [-0.1, -0.05) is 0 Å². The van der Waals surface area contributed by atoms with Gasteiger partial charge in [0.1, 0.15) is 16.9 Å². The molecule has 0 aliphatic heterocycles. The van der Waals surface area contributed by atoms with Crippen molar-refractivity contribution < 1.29 is 34.8 Å². The van der Waals surface area contributed by atoms with Crippen molar-refractivity contribution in [3.8, 4) is 5.75 Å². The van der Waals surface area contributed by atoms with Crippen molar-refractivity contribution in [2.45, 2.75) is 0 Å². The number of rotatable bonds is 3. The molecule has 1 rings (SSSR count). The van der Waals surface area contributed by atoms with Gasteiger partial charge in [-0.25, -0.2) is 14.4 Å². The molecule has 8 heteroatoms. The van der Waals surface area contributed by atoms with Gasteiger partial charge in [-0.3, -0.25) is 0 Å². The SMILES string of the molecule is O=C(O)c1cc(C(=O)O)c(O)c(C(=O)O)c1.[CaH2]. The zero-order chi connectivity index (χ0) is 12.5. The van der Waals surface area contributed by atoms with Gasteiger partial charge in [0.05, 0.1) is 5.56 Å². The minimum atomic E-state index is -1.61. The Bertz CT molecular complexity index is 459. The quantitative estimate of drug-likeness (QED) is 0.547. The van der Waals surface area contributed by atoms with Gasteiger partial charge in [-0.2, -0.15) is 0 Å². The molecule has 0 saturated carbocycles. The van der Waals surface area contributed by atoms with Crippen LogP contribution in [0.2, 0.25) is 0 Å². The van der Waals surface area contributed by atoms with Crippen LogP contribution in [0.4, 0.5) is 0 Å². The summed E-state index contributed by atoms with van der Waals surface area (Å²) in [5.74, 6) is -5.67. The Kier molecular flexibility index (Phi) is 5.40. The molecule has 0 aliphatic rings. The first-order valence-electron chi connectivity index (χ1n) is 3.91. The van der Waals surface area contributed by atoms with Gasteiger partial charge in [-0.15, -0.1) is 0 Å². The maximum atomic E-state index is 10.6. The first kappa shape index (κ1) is 15.7. The number of aromatic hydroxyl groups is 1. The van der Waals surface area contributed by atoms with E-state index in [1.165, 1.54) is 0 Å². The molecule has 0 amide bonds. The Morgan fingerprint density at radius 3 is 1.41 bits per heavy atom. The van der Waals surface area contributed by atoms with Crippen molar-refractivity contribution in [1.82, 2.24) is 0 Å². The third-order valence-electron chi connectivity index (χ3n) is 1.82. The Hall–Kier alpha value is -1.31. The molecule has 17 heavy (non-hydrogen) atoms. The summed E-state index contributed by atoms with van der Waals surface area (Å²) in [5, 5.41) is 35.2. The van der Waals surface area contributed by atoms with Crippen molar-refractivity contribution in [3.63, 3.8) is 0 Å².